The average Bonchev–Trinajstić information content (AvgIpc) is 3.38. The first-order valence-corrected chi connectivity index (χ1v) is 8.89. The Morgan fingerprint density at radius 1 is 1.11 bits per heavy atom. The fraction of sp³-hybridized carbons (Fsp3) is 0.0526. The van der Waals surface area contributed by atoms with E-state index in [1.54, 1.807) is 36.6 Å². The topological polar surface area (TPSA) is 90.1 Å². The molecule has 0 amide bonds. The van der Waals surface area contributed by atoms with E-state index in [1.807, 2.05) is 35.7 Å². The van der Waals surface area contributed by atoms with Gasteiger partial charge in [-0.25, -0.2) is 9.48 Å². The maximum Gasteiger partial charge on any atom is 0.356 e. The van der Waals surface area contributed by atoms with Gasteiger partial charge in [0.1, 0.15) is 11.4 Å². The van der Waals surface area contributed by atoms with Gasteiger partial charge >= 0.3 is 5.97 Å². The Bertz CT molecular complexity index is 1070. The molecule has 0 atom stereocenters. The van der Waals surface area contributed by atoms with E-state index in [9.17, 15) is 9.90 Å². The molecule has 0 saturated carbocycles. The molecule has 0 aliphatic rings. The van der Waals surface area contributed by atoms with Crippen LogP contribution < -0.4 is 4.74 Å². The smallest absolute Gasteiger partial charge is 0.356 e. The Hall–Kier alpha value is -3.52. The maximum atomic E-state index is 11.4. The third-order valence-electron chi connectivity index (χ3n) is 3.96. The van der Waals surface area contributed by atoms with E-state index in [2.05, 4.69) is 15.3 Å². The minimum Gasteiger partial charge on any atom is -0.497 e. The number of hydrogen-bond acceptors (Lipinski definition) is 6. The molecule has 0 aliphatic carbocycles. The van der Waals surface area contributed by atoms with Crippen LogP contribution in [0.15, 0.2) is 60.0 Å². The van der Waals surface area contributed by atoms with Crippen LogP contribution in [-0.2, 0) is 0 Å². The van der Waals surface area contributed by atoms with Crippen molar-refractivity contribution in [2.75, 3.05) is 7.11 Å². The Morgan fingerprint density at radius 3 is 2.52 bits per heavy atom. The third-order valence-corrected chi connectivity index (χ3v) is 4.85. The summed E-state index contributed by atoms with van der Waals surface area (Å²) >= 11 is 1.57. The second-order valence-corrected chi connectivity index (χ2v) is 6.56. The van der Waals surface area contributed by atoms with Crippen molar-refractivity contribution in [2.24, 2.45) is 0 Å². The lowest BCUT2D eigenvalue weighted by molar-refractivity contribution is 0.0690. The first-order chi connectivity index (χ1) is 13.2. The molecular formula is C19H14N4O3S. The van der Waals surface area contributed by atoms with Gasteiger partial charge in [0, 0.05) is 5.56 Å². The normalized spacial score (nSPS) is 10.7. The Labute approximate surface area is 158 Å². The molecule has 0 saturated heterocycles. The van der Waals surface area contributed by atoms with Gasteiger partial charge in [0.2, 0.25) is 0 Å². The number of nitrogens with zero attached hydrogens (tertiary/aromatic N) is 4. The van der Waals surface area contributed by atoms with Gasteiger partial charge in [0.25, 0.3) is 0 Å². The Morgan fingerprint density at radius 2 is 1.93 bits per heavy atom. The molecule has 134 valence electrons. The van der Waals surface area contributed by atoms with Gasteiger partial charge in [-0.15, -0.1) is 21.5 Å². The predicted molar refractivity (Wildman–Crippen MR) is 101 cm³/mol. The molecule has 0 spiro atoms. The van der Waals surface area contributed by atoms with Crippen LogP contribution in [0, 0.1) is 0 Å². The summed E-state index contributed by atoms with van der Waals surface area (Å²) in [4.78, 5) is 12.4. The summed E-state index contributed by atoms with van der Waals surface area (Å²) in [5.41, 5.74) is 2.09. The van der Waals surface area contributed by atoms with E-state index in [0.29, 0.717) is 17.3 Å². The number of carboxylic acid groups (broad SMARTS) is 1. The monoisotopic (exact) mass is 378 g/mol. The van der Waals surface area contributed by atoms with Crippen molar-refractivity contribution < 1.29 is 14.6 Å². The minimum atomic E-state index is -1.10. The Balaban J connectivity index is 1.78. The highest BCUT2D eigenvalue weighted by molar-refractivity contribution is 7.13. The predicted octanol–water partition coefficient (Wildman–Crippen LogP) is 3.76. The van der Waals surface area contributed by atoms with Crippen molar-refractivity contribution in [1.29, 1.82) is 0 Å². The average molecular weight is 378 g/mol. The largest absolute Gasteiger partial charge is 0.497 e. The molecule has 4 aromatic rings. The number of aromatic nitrogens is 4. The Kier molecular flexibility index (Phi) is 4.39. The van der Waals surface area contributed by atoms with Gasteiger partial charge in [0.05, 0.1) is 17.7 Å². The highest BCUT2D eigenvalue weighted by atomic mass is 32.1. The molecule has 7 nitrogen and oxygen atoms in total. The van der Waals surface area contributed by atoms with E-state index in [1.165, 1.54) is 10.7 Å². The van der Waals surface area contributed by atoms with Crippen LogP contribution in [-0.4, -0.2) is 38.2 Å². The van der Waals surface area contributed by atoms with Crippen molar-refractivity contribution in [2.45, 2.75) is 0 Å². The number of carbonyl (C=O) groups is 1. The maximum absolute atomic E-state index is 11.4. The van der Waals surface area contributed by atoms with Crippen LogP contribution in [0.1, 0.15) is 10.5 Å². The molecule has 0 unspecified atom stereocenters. The first kappa shape index (κ1) is 16.9. The number of rotatable bonds is 5. The van der Waals surface area contributed by atoms with Gasteiger partial charge in [-0.1, -0.05) is 6.07 Å². The number of ether oxygens (including phenoxy) is 1. The SMILES string of the molecule is COc1ccc(-c2cc(C(=O)O)nn2-c2ccc(-c3cccs3)nn2)cc1. The second-order valence-electron chi connectivity index (χ2n) is 5.61. The van der Waals surface area contributed by atoms with Crippen LogP contribution in [0.5, 0.6) is 5.75 Å². The summed E-state index contributed by atoms with van der Waals surface area (Å²) in [5, 5.41) is 24.0. The van der Waals surface area contributed by atoms with Crippen LogP contribution >= 0.6 is 11.3 Å². The van der Waals surface area contributed by atoms with Gasteiger partial charge in [-0.2, -0.15) is 5.10 Å². The van der Waals surface area contributed by atoms with Crippen molar-refractivity contribution in [1.82, 2.24) is 20.0 Å². The van der Waals surface area contributed by atoms with E-state index < -0.39 is 5.97 Å². The first-order valence-electron chi connectivity index (χ1n) is 8.01. The van der Waals surface area contributed by atoms with Crippen LogP contribution in [0.4, 0.5) is 0 Å². The standard InChI is InChI=1S/C19H14N4O3S/c1-26-13-6-4-12(5-7-13)16-11-15(19(24)25)22-23(16)18-9-8-14(20-21-18)17-3-2-10-27-17/h2-11H,1H3,(H,24,25). The molecule has 8 heteroatoms. The number of methoxy groups -OCH3 is 1. The number of benzene rings is 1. The number of carboxylic acids is 1. The summed E-state index contributed by atoms with van der Waals surface area (Å²) < 4.78 is 6.66. The number of hydrogen-bond donors (Lipinski definition) is 1. The molecule has 4 rings (SSSR count). The summed E-state index contributed by atoms with van der Waals surface area (Å²) in [6.45, 7) is 0. The molecule has 0 aliphatic heterocycles. The van der Waals surface area contributed by atoms with Crippen molar-refractivity contribution in [3.05, 3.63) is 65.7 Å². The fourth-order valence-corrected chi connectivity index (χ4v) is 3.31. The lowest BCUT2D eigenvalue weighted by Crippen LogP contribution is -2.05. The van der Waals surface area contributed by atoms with E-state index in [-0.39, 0.29) is 5.69 Å². The zero-order valence-electron chi connectivity index (χ0n) is 14.2. The van der Waals surface area contributed by atoms with Crippen LogP contribution in [0.2, 0.25) is 0 Å². The molecule has 3 heterocycles. The molecule has 1 N–H and O–H groups in total. The molecule has 0 radical (unpaired) electrons. The van der Waals surface area contributed by atoms with Gasteiger partial charge in [0.15, 0.2) is 11.5 Å². The lowest BCUT2D eigenvalue weighted by Gasteiger charge is -2.07. The van der Waals surface area contributed by atoms with E-state index in [0.717, 1.165) is 16.1 Å². The molecule has 1 aromatic carbocycles. The molecular weight excluding hydrogens is 364 g/mol. The third kappa shape index (κ3) is 3.30. The number of thiophene rings is 1. The summed E-state index contributed by atoms with van der Waals surface area (Å²) in [5.74, 6) is 0.0451. The van der Waals surface area contributed by atoms with Gasteiger partial charge in [-0.3, -0.25) is 0 Å². The summed E-state index contributed by atoms with van der Waals surface area (Å²) in [6.07, 6.45) is 0. The summed E-state index contributed by atoms with van der Waals surface area (Å²) in [6, 6.07) is 16.3. The van der Waals surface area contributed by atoms with Gasteiger partial charge < -0.3 is 9.84 Å². The van der Waals surface area contributed by atoms with Crippen molar-refractivity contribution >= 4 is 17.3 Å². The zero-order valence-corrected chi connectivity index (χ0v) is 15.1. The fourth-order valence-electron chi connectivity index (χ4n) is 2.62. The van der Waals surface area contributed by atoms with Crippen molar-refractivity contribution in [3.63, 3.8) is 0 Å². The molecule has 0 fully saturated rings. The van der Waals surface area contributed by atoms with Gasteiger partial charge in [-0.05, 0) is 53.9 Å². The zero-order chi connectivity index (χ0) is 18.8. The second kappa shape index (κ2) is 7.00. The highest BCUT2D eigenvalue weighted by Gasteiger charge is 2.17. The number of aromatic carboxylic acids is 1. The minimum absolute atomic E-state index is 0.0649. The highest BCUT2D eigenvalue weighted by Crippen LogP contribution is 2.27. The lowest BCUT2D eigenvalue weighted by atomic mass is 10.1. The molecule has 27 heavy (non-hydrogen) atoms. The molecule has 0 bridgehead atoms. The van der Waals surface area contributed by atoms with Crippen molar-refractivity contribution in [3.8, 4) is 33.4 Å². The van der Waals surface area contributed by atoms with E-state index in [4.69, 9.17) is 4.74 Å². The summed E-state index contributed by atoms with van der Waals surface area (Å²) in [7, 11) is 1.59. The van der Waals surface area contributed by atoms with E-state index >= 15 is 0 Å². The quantitative estimate of drug-likeness (QED) is 0.569. The molecule has 3 aromatic heterocycles. The van der Waals surface area contributed by atoms with Crippen LogP contribution in [0.25, 0.3) is 27.6 Å². The van der Waals surface area contributed by atoms with Crippen LogP contribution in [0.3, 0.4) is 0 Å².